The number of aromatic amines is 1. The molecule has 20 heavy (non-hydrogen) atoms. The highest BCUT2D eigenvalue weighted by atomic mass is 35.5. The van der Waals surface area contributed by atoms with Crippen molar-refractivity contribution in [2.45, 2.75) is 6.61 Å². The fraction of sp³-hybridized carbons (Fsp3) is 0.0769. The molecule has 0 atom stereocenters. The zero-order valence-corrected chi connectivity index (χ0v) is 10.9. The number of aromatic nitrogens is 2. The molecule has 0 unspecified atom stereocenters. The van der Waals surface area contributed by atoms with E-state index in [4.69, 9.17) is 17.5 Å². The average molecular weight is 292 g/mol. The van der Waals surface area contributed by atoms with Crippen molar-refractivity contribution in [3.05, 3.63) is 40.8 Å². The maximum absolute atomic E-state index is 11.4. The van der Waals surface area contributed by atoms with Crippen LogP contribution in [0.4, 0.5) is 0 Å². The molecule has 102 valence electrons. The van der Waals surface area contributed by atoms with E-state index in [0.717, 1.165) is 10.8 Å². The van der Waals surface area contributed by atoms with Gasteiger partial charge in [-0.1, -0.05) is 23.7 Å². The summed E-state index contributed by atoms with van der Waals surface area (Å²) in [6, 6.07) is 5.24. The topological polar surface area (TPSA) is 101 Å². The van der Waals surface area contributed by atoms with Crippen LogP contribution >= 0.6 is 11.6 Å². The number of benzene rings is 1. The molecule has 2 heterocycles. The number of hydrogen-bond acceptors (Lipinski definition) is 4. The Labute approximate surface area is 118 Å². The van der Waals surface area contributed by atoms with Crippen LogP contribution in [-0.4, -0.2) is 21.0 Å². The summed E-state index contributed by atoms with van der Waals surface area (Å²) in [5, 5.41) is 12.0. The third-order valence-corrected chi connectivity index (χ3v) is 3.34. The molecule has 3 aromatic rings. The van der Waals surface area contributed by atoms with Gasteiger partial charge in [0.25, 0.3) is 0 Å². The van der Waals surface area contributed by atoms with E-state index in [9.17, 15) is 9.90 Å². The molecular weight excluding hydrogens is 282 g/mol. The second-order valence-electron chi connectivity index (χ2n) is 4.30. The fourth-order valence-corrected chi connectivity index (χ4v) is 2.47. The summed E-state index contributed by atoms with van der Waals surface area (Å²) in [5.41, 5.74) is 0.977. The molecule has 7 heteroatoms. The molecule has 0 aliphatic carbocycles. The van der Waals surface area contributed by atoms with E-state index in [2.05, 4.69) is 14.8 Å². The van der Waals surface area contributed by atoms with Crippen LogP contribution in [0, 0.1) is 0 Å². The van der Waals surface area contributed by atoms with Gasteiger partial charge in [-0.25, -0.2) is 15.7 Å². The third kappa shape index (κ3) is 1.90. The second kappa shape index (κ2) is 4.75. The standard InChI is InChI=1S/C13H10ClN3O3/c14-10-3-8-6(4-16-10)1-2-7-11(13(18)19)9(5-20-15)17-12(7)8/h1-4,16H,5,15H2,(H,18,19). The van der Waals surface area contributed by atoms with Crippen molar-refractivity contribution in [1.29, 1.82) is 0 Å². The molecule has 3 rings (SSSR count). The van der Waals surface area contributed by atoms with Gasteiger partial charge in [0.1, 0.15) is 11.8 Å². The van der Waals surface area contributed by atoms with Gasteiger partial charge in [0.15, 0.2) is 0 Å². The highest BCUT2D eigenvalue weighted by Gasteiger charge is 2.20. The molecular formula is C13H10ClN3O3. The molecule has 0 amide bonds. The third-order valence-electron chi connectivity index (χ3n) is 3.13. The number of aromatic carboxylic acids is 1. The molecule has 2 aromatic heterocycles. The Bertz CT molecular complexity index is 828. The van der Waals surface area contributed by atoms with Crippen LogP contribution in [0.25, 0.3) is 21.7 Å². The molecule has 6 nitrogen and oxygen atoms in total. The van der Waals surface area contributed by atoms with Crippen LogP contribution in [0.2, 0.25) is 5.15 Å². The molecule has 1 aromatic carbocycles. The normalized spacial score (nSPS) is 11.3. The van der Waals surface area contributed by atoms with Crippen molar-refractivity contribution in [3.63, 3.8) is 0 Å². The molecule has 0 fully saturated rings. The number of nitrogens with two attached hydrogens (primary N) is 1. The smallest absolute Gasteiger partial charge is 0.338 e. The molecule has 0 radical (unpaired) electrons. The Kier molecular flexibility index (Phi) is 3.06. The number of nitrogens with one attached hydrogen (secondary N) is 1. The van der Waals surface area contributed by atoms with E-state index in [1.54, 1.807) is 18.3 Å². The van der Waals surface area contributed by atoms with Gasteiger partial charge in [-0.05, 0) is 6.07 Å². The Balaban J connectivity index is 2.42. The molecule has 0 saturated carbocycles. The second-order valence-corrected chi connectivity index (χ2v) is 4.70. The summed E-state index contributed by atoms with van der Waals surface area (Å²) in [6.07, 6.45) is 1.74. The molecule has 0 aliphatic heterocycles. The van der Waals surface area contributed by atoms with Gasteiger partial charge in [-0.15, -0.1) is 0 Å². The zero-order valence-electron chi connectivity index (χ0n) is 10.2. The van der Waals surface area contributed by atoms with Crippen LogP contribution in [0.1, 0.15) is 16.1 Å². The quantitative estimate of drug-likeness (QED) is 0.508. The fourth-order valence-electron chi connectivity index (χ4n) is 2.31. The summed E-state index contributed by atoms with van der Waals surface area (Å²) in [4.78, 5) is 23.2. The Morgan fingerprint density at radius 3 is 2.95 bits per heavy atom. The first-order valence-corrected chi connectivity index (χ1v) is 6.14. The van der Waals surface area contributed by atoms with E-state index in [0.29, 0.717) is 21.7 Å². The van der Waals surface area contributed by atoms with E-state index in [1.165, 1.54) is 0 Å². The van der Waals surface area contributed by atoms with Crippen molar-refractivity contribution in [2.75, 3.05) is 0 Å². The predicted molar refractivity (Wildman–Crippen MR) is 74.5 cm³/mol. The number of carbonyl (C=O) groups is 1. The van der Waals surface area contributed by atoms with Crippen molar-refractivity contribution in [3.8, 4) is 0 Å². The lowest BCUT2D eigenvalue weighted by Crippen LogP contribution is -2.05. The lowest BCUT2D eigenvalue weighted by molar-refractivity contribution is 0.0689. The molecule has 0 spiro atoms. The molecule has 4 N–H and O–H groups in total. The van der Waals surface area contributed by atoms with E-state index < -0.39 is 5.97 Å². The Morgan fingerprint density at radius 1 is 1.45 bits per heavy atom. The average Bonchev–Trinajstić information content (AvgIpc) is 2.77. The molecule has 0 saturated heterocycles. The summed E-state index contributed by atoms with van der Waals surface area (Å²) >= 11 is 5.95. The lowest BCUT2D eigenvalue weighted by Gasteiger charge is -2.00. The van der Waals surface area contributed by atoms with E-state index >= 15 is 0 Å². The maximum atomic E-state index is 11.4. The highest BCUT2D eigenvalue weighted by Crippen LogP contribution is 2.30. The van der Waals surface area contributed by atoms with Gasteiger partial charge in [-0.2, -0.15) is 0 Å². The SMILES string of the molecule is NOCc1nc2c(ccc3c[nH]c(Cl)cc32)c1C(=O)O. The minimum atomic E-state index is -1.06. The van der Waals surface area contributed by atoms with E-state index in [-0.39, 0.29) is 12.2 Å². The predicted octanol–water partition coefficient (Wildman–Crippen LogP) is 2.46. The first kappa shape index (κ1) is 12.9. The number of fused-ring (bicyclic) bond motifs is 3. The zero-order chi connectivity index (χ0) is 14.3. The van der Waals surface area contributed by atoms with Crippen molar-refractivity contribution < 1.29 is 14.7 Å². The number of hydrogen-bond donors (Lipinski definition) is 3. The summed E-state index contributed by atoms with van der Waals surface area (Å²) in [7, 11) is 0. The van der Waals surface area contributed by atoms with Crippen molar-refractivity contribution in [2.24, 2.45) is 5.90 Å². The molecule has 0 bridgehead atoms. The molecule has 0 aliphatic rings. The summed E-state index contributed by atoms with van der Waals surface area (Å²) in [5.74, 6) is 3.97. The number of pyridine rings is 1. The first-order valence-electron chi connectivity index (χ1n) is 5.76. The van der Waals surface area contributed by atoms with Gasteiger partial charge in [0, 0.05) is 22.4 Å². The van der Waals surface area contributed by atoms with Crippen LogP contribution in [-0.2, 0) is 11.4 Å². The highest BCUT2D eigenvalue weighted by molar-refractivity contribution is 6.30. The summed E-state index contributed by atoms with van der Waals surface area (Å²) < 4.78 is 0. The number of carboxylic acids is 1. The van der Waals surface area contributed by atoms with Gasteiger partial charge < -0.3 is 10.1 Å². The number of rotatable bonds is 3. The maximum Gasteiger partial charge on any atom is 0.338 e. The Morgan fingerprint density at radius 2 is 2.25 bits per heavy atom. The van der Waals surface area contributed by atoms with Gasteiger partial charge in [-0.3, -0.25) is 4.84 Å². The van der Waals surface area contributed by atoms with Crippen molar-refractivity contribution in [1.82, 2.24) is 9.97 Å². The van der Waals surface area contributed by atoms with E-state index in [1.807, 2.05) is 6.07 Å². The monoisotopic (exact) mass is 291 g/mol. The number of halogens is 1. The Hall–Kier alpha value is -2.15. The number of carboxylic acid groups (broad SMARTS) is 1. The van der Waals surface area contributed by atoms with Crippen LogP contribution < -0.4 is 5.90 Å². The van der Waals surface area contributed by atoms with Crippen molar-refractivity contribution >= 4 is 39.2 Å². The summed E-state index contributed by atoms with van der Waals surface area (Å²) in [6.45, 7) is -0.0650. The lowest BCUT2D eigenvalue weighted by atomic mass is 10.1. The van der Waals surface area contributed by atoms with Gasteiger partial charge in [0.05, 0.1) is 16.8 Å². The van der Waals surface area contributed by atoms with Gasteiger partial charge >= 0.3 is 5.97 Å². The largest absolute Gasteiger partial charge is 0.478 e. The minimum Gasteiger partial charge on any atom is -0.478 e. The first-order chi connectivity index (χ1) is 9.61. The van der Waals surface area contributed by atoms with Crippen LogP contribution in [0.15, 0.2) is 24.4 Å². The minimum absolute atomic E-state index is 0.0650. The van der Waals surface area contributed by atoms with Crippen LogP contribution in [0.5, 0.6) is 0 Å². The number of H-pyrrole nitrogens is 1. The number of nitrogens with zero attached hydrogens (tertiary/aromatic N) is 1. The van der Waals surface area contributed by atoms with Gasteiger partial charge in [0.2, 0.25) is 0 Å². The van der Waals surface area contributed by atoms with Crippen LogP contribution in [0.3, 0.4) is 0 Å².